The number of pyridine rings is 1. The molecule has 0 aliphatic carbocycles. The average molecular weight is 551 g/mol. The van der Waals surface area contributed by atoms with Crippen molar-refractivity contribution in [1.29, 1.82) is 0 Å². The molecular formula is C18H15ClF2IN4O2P. The number of fused-ring (bicyclic) bond motifs is 1. The lowest BCUT2D eigenvalue weighted by Gasteiger charge is -2.14. The normalized spacial score (nSPS) is 12.2. The number of aromatic nitrogens is 3. The van der Waals surface area contributed by atoms with Crippen LogP contribution in [0.5, 0.6) is 5.88 Å². The number of hydrogen-bond donors (Lipinski definition) is 1. The molecule has 2 heterocycles. The third kappa shape index (κ3) is 4.22. The summed E-state index contributed by atoms with van der Waals surface area (Å²) < 4.78 is 35.9. The second-order valence-corrected chi connectivity index (χ2v) is 8.43. The van der Waals surface area contributed by atoms with Crippen molar-refractivity contribution < 1.29 is 18.3 Å². The monoisotopic (exact) mass is 550 g/mol. The van der Waals surface area contributed by atoms with Crippen LogP contribution in [0, 0.1) is 19.7 Å². The molecule has 1 N–H and O–H groups in total. The first-order valence-electron chi connectivity index (χ1n) is 8.20. The number of methoxy groups -OCH3 is 1. The highest BCUT2D eigenvalue weighted by molar-refractivity contribution is 14.2. The van der Waals surface area contributed by atoms with Gasteiger partial charge in [-0.15, -0.1) is 0 Å². The van der Waals surface area contributed by atoms with Gasteiger partial charge in [0.05, 0.1) is 31.1 Å². The summed E-state index contributed by atoms with van der Waals surface area (Å²) in [4.78, 5) is 16.5. The van der Waals surface area contributed by atoms with Gasteiger partial charge in [0.1, 0.15) is 10.5 Å². The fraction of sp³-hybridized carbons (Fsp3) is 0.167. The van der Waals surface area contributed by atoms with Crippen molar-refractivity contribution in [3.05, 3.63) is 51.8 Å². The number of aryl methyl sites for hydroxylation is 1. The van der Waals surface area contributed by atoms with E-state index in [4.69, 9.17) is 16.3 Å². The molecule has 0 aliphatic heterocycles. The van der Waals surface area contributed by atoms with Crippen LogP contribution in [-0.2, 0) is 4.79 Å². The van der Waals surface area contributed by atoms with Gasteiger partial charge in [0.25, 0.3) is 5.91 Å². The fourth-order valence-electron chi connectivity index (χ4n) is 2.76. The summed E-state index contributed by atoms with van der Waals surface area (Å²) in [5, 5.41) is 7.33. The van der Waals surface area contributed by atoms with Crippen LogP contribution in [0.1, 0.15) is 16.8 Å². The number of carbonyl (C=O) groups is 1. The van der Waals surface area contributed by atoms with Crippen LogP contribution in [0.3, 0.4) is 0 Å². The minimum absolute atomic E-state index is 0.0547. The van der Waals surface area contributed by atoms with Gasteiger partial charge in [0.2, 0.25) is 5.88 Å². The van der Waals surface area contributed by atoms with E-state index >= 15 is 0 Å². The maximum Gasteiger partial charge on any atom is 0.284 e. The van der Waals surface area contributed by atoms with E-state index in [1.165, 1.54) is 23.8 Å². The Morgan fingerprint density at radius 2 is 2.14 bits per heavy atom. The predicted molar refractivity (Wildman–Crippen MR) is 120 cm³/mol. The van der Waals surface area contributed by atoms with Crippen molar-refractivity contribution in [1.82, 2.24) is 14.5 Å². The first-order valence-corrected chi connectivity index (χ1v) is 12.6. The minimum atomic E-state index is -1.16. The van der Waals surface area contributed by atoms with Crippen LogP contribution in [0.25, 0.3) is 17.0 Å². The lowest BCUT2D eigenvalue weighted by atomic mass is 10.1. The first-order chi connectivity index (χ1) is 13.8. The van der Waals surface area contributed by atoms with E-state index in [0.29, 0.717) is 16.6 Å². The smallest absolute Gasteiger partial charge is 0.284 e. The van der Waals surface area contributed by atoms with Crippen molar-refractivity contribution in [2.45, 2.75) is 13.8 Å². The number of nitrogens with zero attached hydrogens (tertiary/aromatic N) is 3. The maximum absolute atomic E-state index is 14.8. The molecule has 1 unspecified atom stereocenters. The highest BCUT2D eigenvalue weighted by Crippen LogP contribution is 2.34. The second-order valence-electron chi connectivity index (χ2n) is 6.01. The van der Waals surface area contributed by atoms with E-state index < -0.39 is 17.6 Å². The number of amides is 1. The van der Waals surface area contributed by atoms with Crippen LogP contribution in [0.15, 0.2) is 24.2 Å². The van der Waals surface area contributed by atoms with E-state index in [1.54, 1.807) is 19.9 Å². The van der Waals surface area contributed by atoms with E-state index in [0.717, 1.165) is 6.08 Å². The van der Waals surface area contributed by atoms with Crippen molar-refractivity contribution in [2.75, 3.05) is 12.4 Å². The number of carbonyl (C=O) groups excluding carboxylic acids is 1. The van der Waals surface area contributed by atoms with Crippen molar-refractivity contribution >= 4 is 68.6 Å². The number of halogens is 4. The molecule has 11 heteroatoms. The summed E-state index contributed by atoms with van der Waals surface area (Å²) in [7, 11) is 1.42. The highest BCUT2D eigenvalue weighted by atomic mass is 127. The quantitative estimate of drug-likeness (QED) is 0.256. The topological polar surface area (TPSA) is 69.0 Å². The molecule has 1 atom stereocenters. The van der Waals surface area contributed by atoms with Crippen molar-refractivity contribution in [2.24, 2.45) is 0 Å². The number of ether oxygens (including phenoxy) is 1. The minimum Gasteiger partial charge on any atom is -0.480 e. The summed E-state index contributed by atoms with van der Waals surface area (Å²) in [5.74, 6) is -2.63. The third-order valence-corrected chi connectivity index (χ3v) is 6.55. The SMILES string of the molecule is COc1nc(C)c(NC(=O)/C(F)=C/c2ccc3cnn(PI)c3c2F)c(C)c1Cl. The van der Waals surface area contributed by atoms with Crippen LogP contribution >= 0.6 is 40.0 Å². The van der Waals surface area contributed by atoms with Crippen LogP contribution in [0.4, 0.5) is 14.5 Å². The number of hydrogen-bond acceptors (Lipinski definition) is 4. The number of rotatable bonds is 5. The Morgan fingerprint density at radius 1 is 1.41 bits per heavy atom. The molecule has 2 aromatic heterocycles. The number of nitrogens with one attached hydrogen (secondary N) is 1. The van der Waals surface area contributed by atoms with Gasteiger partial charge in [0, 0.05) is 10.9 Å². The molecule has 0 spiro atoms. The zero-order chi connectivity index (χ0) is 21.3. The van der Waals surface area contributed by atoms with Gasteiger partial charge in [-0.25, -0.2) is 18.2 Å². The zero-order valence-corrected chi connectivity index (χ0v) is 19.4. The van der Waals surface area contributed by atoms with Gasteiger partial charge in [-0.2, -0.15) is 5.10 Å². The van der Waals surface area contributed by atoms with Gasteiger partial charge in [-0.3, -0.25) is 4.79 Å². The fourth-order valence-corrected chi connectivity index (χ4v) is 4.49. The Balaban J connectivity index is 1.93. The van der Waals surface area contributed by atoms with Gasteiger partial charge in [0.15, 0.2) is 11.6 Å². The summed E-state index contributed by atoms with van der Waals surface area (Å²) >= 11 is 8.22. The molecule has 1 aromatic carbocycles. The van der Waals surface area contributed by atoms with Crippen molar-refractivity contribution in [3.8, 4) is 5.88 Å². The van der Waals surface area contributed by atoms with Gasteiger partial charge >= 0.3 is 0 Å². The lowest BCUT2D eigenvalue weighted by Crippen LogP contribution is -2.15. The van der Waals surface area contributed by atoms with E-state index in [1.807, 2.05) is 0 Å². The second kappa shape index (κ2) is 8.89. The van der Waals surface area contributed by atoms with E-state index in [2.05, 4.69) is 37.4 Å². The molecule has 0 aliphatic rings. The van der Waals surface area contributed by atoms with Gasteiger partial charge in [-0.1, -0.05) is 23.7 Å². The maximum atomic E-state index is 14.8. The molecule has 0 radical (unpaired) electrons. The Bertz CT molecular complexity index is 1150. The molecule has 0 saturated carbocycles. The van der Waals surface area contributed by atoms with Crippen LogP contribution < -0.4 is 10.1 Å². The molecule has 3 rings (SSSR count). The Hall–Kier alpha value is -1.84. The number of anilines is 1. The van der Waals surface area contributed by atoms with Crippen molar-refractivity contribution in [3.63, 3.8) is 0 Å². The third-order valence-electron chi connectivity index (χ3n) is 4.24. The summed E-state index contributed by atoms with van der Waals surface area (Å²) in [6, 6.07) is 3.02. The summed E-state index contributed by atoms with van der Waals surface area (Å²) in [6.07, 6.45) is 2.56. The Kier molecular flexibility index (Phi) is 6.70. The lowest BCUT2D eigenvalue weighted by molar-refractivity contribution is -0.114. The number of benzene rings is 1. The summed E-state index contributed by atoms with van der Waals surface area (Å²) in [6.45, 7) is 3.28. The Morgan fingerprint density at radius 3 is 2.79 bits per heavy atom. The van der Waals surface area contributed by atoms with Gasteiger partial charge in [-0.05, 0) is 47.5 Å². The predicted octanol–water partition coefficient (Wildman–Crippen LogP) is 5.59. The molecule has 0 saturated heterocycles. The average Bonchev–Trinajstić information content (AvgIpc) is 3.13. The molecule has 3 aromatic rings. The standard InChI is InChI=1S/C18H15ClF2IN4O2P/c1-8-13(19)18(28-3)24-9(2)15(8)25-17(27)12(20)6-10-4-5-11-7-23-26(29-22)16(11)14(10)21/h4-7,29H,1-3H3,(H,25,27)/b12-6-. The van der Waals surface area contributed by atoms with Crippen LogP contribution in [-0.4, -0.2) is 27.6 Å². The summed E-state index contributed by atoms with van der Waals surface area (Å²) in [5.41, 5.74) is 1.36. The first kappa shape index (κ1) is 21.9. The molecule has 1 amide bonds. The van der Waals surface area contributed by atoms with E-state index in [-0.39, 0.29) is 34.0 Å². The molecule has 6 nitrogen and oxygen atoms in total. The molecule has 0 bridgehead atoms. The molecule has 152 valence electrons. The Labute approximate surface area is 185 Å². The largest absolute Gasteiger partial charge is 0.480 e. The van der Waals surface area contributed by atoms with E-state index in [9.17, 15) is 13.6 Å². The molecule has 0 fully saturated rings. The highest BCUT2D eigenvalue weighted by Gasteiger charge is 2.19. The van der Waals surface area contributed by atoms with Crippen LogP contribution in [0.2, 0.25) is 5.02 Å². The molecule has 29 heavy (non-hydrogen) atoms. The molecular weight excluding hydrogens is 536 g/mol. The zero-order valence-electron chi connectivity index (χ0n) is 15.5. The van der Waals surface area contributed by atoms with Gasteiger partial charge < -0.3 is 10.1 Å².